The fourth-order valence-electron chi connectivity index (χ4n) is 4.03. The average Bonchev–Trinajstić information content (AvgIpc) is 3.28. The van der Waals surface area contributed by atoms with Gasteiger partial charge in [0.15, 0.2) is 0 Å². The van der Waals surface area contributed by atoms with E-state index in [9.17, 15) is 4.79 Å². The summed E-state index contributed by atoms with van der Waals surface area (Å²) >= 11 is 0. The van der Waals surface area contributed by atoms with Gasteiger partial charge in [-0.05, 0) is 43.9 Å². The van der Waals surface area contributed by atoms with E-state index in [1.165, 1.54) is 0 Å². The third-order valence-electron chi connectivity index (χ3n) is 5.71. The van der Waals surface area contributed by atoms with Crippen molar-refractivity contribution in [1.29, 1.82) is 0 Å². The zero-order valence-electron chi connectivity index (χ0n) is 17.0. The number of benzene rings is 1. The number of aromatic nitrogens is 3. The van der Waals surface area contributed by atoms with Crippen molar-refractivity contribution in [3.63, 3.8) is 0 Å². The molecule has 3 aromatic rings. The Balaban J connectivity index is 1.55. The Morgan fingerprint density at radius 2 is 2.00 bits per heavy atom. The van der Waals surface area contributed by atoms with Crippen molar-refractivity contribution >= 4 is 16.6 Å². The van der Waals surface area contributed by atoms with Crippen LogP contribution in [0.2, 0.25) is 0 Å². The van der Waals surface area contributed by atoms with Crippen LogP contribution in [0.4, 0.5) is 5.69 Å². The largest absolute Gasteiger partial charge is 0.382 e. The first-order chi connectivity index (χ1) is 14.2. The molecule has 1 aromatic carbocycles. The van der Waals surface area contributed by atoms with Crippen LogP contribution in [0.1, 0.15) is 25.7 Å². The van der Waals surface area contributed by atoms with Gasteiger partial charge < -0.3 is 23.9 Å². The quantitative estimate of drug-likeness (QED) is 0.622. The van der Waals surface area contributed by atoms with Crippen molar-refractivity contribution in [2.24, 2.45) is 7.05 Å². The second-order valence-corrected chi connectivity index (χ2v) is 7.61. The number of rotatable bonds is 7. The Bertz CT molecular complexity index is 1000. The van der Waals surface area contributed by atoms with E-state index in [1.807, 2.05) is 29.9 Å². The van der Waals surface area contributed by atoms with E-state index in [-0.39, 0.29) is 5.56 Å². The van der Waals surface area contributed by atoms with Gasteiger partial charge in [-0.1, -0.05) is 0 Å². The summed E-state index contributed by atoms with van der Waals surface area (Å²) in [4.78, 5) is 16.6. The highest BCUT2D eigenvalue weighted by atomic mass is 16.5. The number of anilines is 1. The molecule has 1 aliphatic carbocycles. The van der Waals surface area contributed by atoms with Crippen molar-refractivity contribution < 1.29 is 9.47 Å². The SMILES string of the molecule is COCCO[C@H]1CC[C@H](Nc2cc(=O)n(C)c3ccc(-n4ccnc4)cc23)CC1. The van der Waals surface area contributed by atoms with Gasteiger partial charge in [0.25, 0.3) is 5.56 Å². The van der Waals surface area contributed by atoms with Crippen LogP contribution in [0.3, 0.4) is 0 Å². The van der Waals surface area contributed by atoms with E-state index in [1.54, 1.807) is 30.3 Å². The highest BCUT2D eigenvalue weighted by molar-refractivity contribution is 5.93. The molecular weight excluding hydrogens is 368 g/mol. The molecule has 0 aliphatic heterocycles. The smallest absolute Gasteiger partial charge is 0.252 e. The van der Waals surface area contributed by atoms with Gasteiger partial charge in [0.05, 0.1) is 31.2 Å². The van der Waals surface area contributed by atoms with Crippen LogP contribution in [0, 0.1) is 0 Å². The lowest BCUT2D eigenvalue weighted by atomic mass is 9.92. The molecule has 2 aromatic heterocycles. The van der Waals surface area contributed by atoms with Crippen molar-refractivity contribution in [2.75, 3.05) is 25.6 Å². The first-order valence-corrected chi connectivity index (χ1v) is 10.1. The van der Waals surface area contributed by atoms with Gasteiger partial charge in [0.2, 0.25) is 0 Å². The molecule has 4 rings (SSSR count). The molecule has 7 nitrogen and oxygen atoms in total. The first kappa shape index (κ1) is 19.7. The molecule has 0 spiro atoms. The summed E-state index contributed by atoms with van der Waals surface area (Å²) in [5, 5.41) is 4.67. The van der Waals surface area contributed by atoms with E-state index in [0.29, 0.717) is 25.4 Å². The van der Waals surface area contributed by atoms with Gasteiger partial charge in [-0.25, -0.2) is 4.98 Å². The molecule has 0 unspecified atom stereocenters. The Morgan fingerprint density at radius 3 is 2.72 bits per heavy atom. The molecule has 154 valence electrons. The highest BCUT2D eigenvalue weighted by Gasteiger charge is 2.22. The summed E-state index contributed by atoms with van der Waals surface area (Å²) in [5.74, 6) is 0. The van der Waals surface area contributed by atoms with E-state index >= 15 is 0 Å². The topological polar surface area (TPSA) is 70.3 Å². The predicted molar refractivity (Wildman–Crippen MR) is 114 cm³/mol. The summed E-state index contributed by atoms with van der Waals surface area (Å²) in [5.41, 5.74) is 2.83. The molecule has 0 radical (unpaired) electrons. The van der Waals surface area contributed by atoms with Crippen LogP contribution >= 0.6 is 0 Å². The minimum atomic E-state index is -0.00744. The summed E-state index contributed by atoms with van der Waals surface area (Å²) in [6, 6.07) is 8.16. The molecule has 0 saturated heterocycles. The van der Waals surface area contributed by atoms with Crippen molar-refractivity contribution in [3.8, 4) is 5.69 Å². The van der Waals surface area contributed by atoms with Gasteiger partial charge in [0, 0.05) is 55.4 Å². The Labute approximate surface area is 170 Å². The fourth-order valence-corrected chi connectivity index (χ4v) is 4.03. The van der Waals surface area contributed by atoms with Gasteiger partial charge in [0.1, 0.15) is 0 Å². The molecule has 0 atom stereocenters. The predicted octanol–water partition coefficient (Wildman–Crippen LogP) is 3.11. The first-order valence-electron chi connectivity index (χ1n) is 10.1. The molecule has 1 fully saturated rings. The number of methoxy groups -OCH3 is 1. The number of nitrogens with zero attached hydrogens (tertiary/aromatic N) is 3. The number of aryl methyl sites for hydroxylation is 1. The van der Waals surface area contributed by atoms with Gasteiger partial charge in [-0.15, -0.1) is 0 Å². The van der Waals surface area contributed by atoms with E-state index in [4.69, 9.17) is 9.47 Å². The van der Waals surface area contributed by atoms with Gasteiger partial charge in [-0.2, -0.15) is 0 Å². The maximum absolute atomic E-state index is 12.5. The van der Waals surface area contributed by atoms with Crippen LogP contribution in [0.15, 0.2) is 47.8 Å². The second-order valence-electron chi connectivity index (χ2n) is 7.61. The lowest BCUT2D eigenvalue weighted by Gasteiger charge is -2.30. The van der Waals surface area contributed by atoms with Gasteiger partial charge in [-0.3, -0.25) is 4.79 Å². The van der Waals surface area contributed by atoms with Crippen LogP contribution < -0.4 is 10.9 Å². The molecule has 1 N–H and O–H groups in total. The normalized spacial score (nSPS) is 19.5. The lowest BCUT2D eigenvalue weighted by molar-refractivity contribution is -0.00154. The van der Waals surface area contributed by atoms with Crippen molar-refractivity contribution in [3.05, 3.63) is 53.3 Å². The summed E-state index contributed by atoms with van der Waals surface area (Å²) < 4.78 is 14.6. The number of fused-ring (bicyclic) bond motifs is 1. The van der Waals surface area contributed by atoms with Crippen LogP contribution in [-0.2, 0) is 16.5 Å². The average molecular weight is 396 g/mol. The number of nitrogens with one attached hydrogen (secondary N) is 1. The Kier molecular flexibility index (Phi) is 5.97. The van der Waals surface area contributed by atoms with Crippen molar-refractivity contribution in [2.45, 2.75) is 37.8 Å². The molecule has 2 heterocycles. The van der Waals surface area contributed by atoms with E-state index < -0.39 is 0 Å². The van der Waals surface area contributed by atoms with Crippen LogP contribution in [0.25, 0.3) is 16.6 Å². The van der Waals surface area contributed by atoms with E-state index in [2.05, 4.69) is 16.4 Å². The summed E-state index contributed by atoms with van der Waals surface area (Å²) in [6.07, 6.45) is 9.84. The molecule has 0 bridgehead atoms. The number of pyridine rings is 1. The third-order valence-corrected chi connectivity index (χ3v) is 5.71. The summed E-state index contributed by atoms with van der Waals surface area (Å²) in [7, 11) is 3.50. The highest BCUT2D eigenvalue weighted by Crippen LogP contribution is 2.29. The minimum absolute atomic E-state index is 0.00744. The van der Waals surface area contributed by atoms with Crippen LogP contribution in [0.5, 0.6) is 0 Å². The minimum Gasteiger partial charge on any atom is -0.382 e. The molecular formula is C22H28N4O3. The molecule has 7 heteroatoms. The Hall–Kier alpha value is -2.64. The van der Waals surface area contributed by atoms with Crippen molar-refractivity contribution in [1.82, 2.24) is 14.1 Å². The number of hydrogen-bond acceptors (Lipinski definition) is 5. The van der Waals surface area contributed by atoms with E-state index in [0.717, 1.165) is 48.0 Å². The number of ether oxygens (including phenoxy) is 2. The third kappa shape index (κ3) is 4.36. The second kappa shape index (κ2) is 8.80. The molecule has 29 heavy (non-hydrogen) atoms. The molecule has 1 saturated carbocycles. The molecule has 0 amide bonds. The maximum atomic E-state index is 12.5. The van der Waals surface area contributed by atoms with Crippen LogP contribution in [-0.4, -0.2) is 46.6 Å². The number of hydrogen-bond donors (Lipinski definition) is 1. The standard InChI is InChI=1S/C22H28N4O3/c1-25-21-8-5-17(26-10-9-23-15-26)13-19(21)20(14-22(25)27)24-16-3-6-18(7-4-16)29-12-11-28-2/h5,8-10,13-16,18,24H,3-4,6-7,11-12H2,1-2H3/t16-,18-. The summed E-state index contributed by atoms with van der Waals surface area (Å²) in [6.45, 7) is 1.28. The molecule has 1 aliphatic rings. The zero-order valence-corrected chi connectivity index (χ0v) is 17.0. The zero-order chi connectivity index (χ0) is 20.2. The van der Waals surface area contributed by atoms with Gasteiger partial charge >= 0.3 is 0 Å². The fraction of sp³-hybridized carbons (Fsp3) is 0.455. The maximum Gasteiger partial charge on any atom is 0.252 e. The lowest BCUT2D eigenvalue weighted by Crippen LogP contribution is -2.31. The number of imidazole rings is 1. The Morgan fingerprint density at radius 1 is 1.17 bits per heavy atom. The monoisotopic (exact) mass is 396 g/mol.